The SMILES string of the molecule is C#CCOc1ccc(/C=C2/SC(=NC(C)C)N(C(C)C)C2=O)cc1OC. The zero-order chi connectivity index (χ0) is 19.3. The van der Waals surface area contributed by atoms with Crippen LogP contribution in [0.2, 0.25) is 0 Å². The van der Waals surface area contributed by atoms with Gasteiger partial charge in [-0.05, 0) is 63.2 Å². The van der Waals surface area contributed by atoms with Crippen LogP contribution in [-0.4, -0.2) is 41.8 Å². The van der Waals surface area contributed by atoms with Gasteiger partial charge in [-0.1, -0.05) is 12.0 Å². The van der Waals surface area contributed by atoms with E-state index in [0.717, 1.165) is 10.7 Å². The average molecular weight is 372 g/mol. The summed E-state index contributed by atoms with van der Waals surface area (Å²) in [4.78, 5) is 19.7. The number of amides is 1. The second kappa shape index (κ2) is 8.81. The van der Waals surface area contributed by atoms with E-state index in [1.54, 1.807) is 18.1 Å². The van der Waals surface area contributed by atoms with Crippen LogP contribution in [0.4, 0.5) is 0 Å². The van der Waals surface area contributed by atoms with Crippen LogP contribution < -0.4 is 9.47 Å². The van der Waals surface area contributed by atoms with Gasteiger partial charge in [-0.15, -0.1) is 6.42 Å². The molecule has 5 nitrogen and oxygen atoms in total. The molecule has 0 radical (unpaired) electrons. The van der Waals surface area contributed by atoms with E-state index >= 15 is 0 Å². The van der Waals surface area contributed by atoms with Gasteiger partial charge in [0.25, 0.3) is 5.91 Å². The first-order valence-electron chi connectivity index (χ1n) is 8.42. The number of methoxy groups -OCH3 is 1. The molecule has 138 valence electrons. The van der Waals surface area contributed by atoms with Gasteiger partial charge in [0.2, 0.25) is 0 Å². The van der Waals surface area contributed by atoms with Crippen LogP contribution in [0.25, 0.3) is 6.08 Å². The smallest absolute Gasteiger partial charge is 0.266 e. The highest BCUT2D eigenvalue weighted by atomic mass is 32.2. The Kier molecular flexibility index (Phi) is 6.76. The van der Waals surface area contributed by atoms with Crippen LogP contribution in [0.1, 0.15) is 33.3 Å². The lowest BCUT2D eigenvalue weighted by Crippen LogP contribution is -2.35. The van der Waals surface area contributed by atoms with E-state index in [2.05, 4.69) is 10.9 Å². The predicted molar refractivity (Wildman–Crippen MR) is 107 cm³/mol. The van der Waals surface area contributed by atoms with Crippen molar-refractivity contribution in [3.8, 4) is 23.8 Å². The highest BCUT2D eigenvalue weighted by molar-refractivity contribution is 8.18. The van der Waals surface area contributed by atoms with Crippen molar-refractivity contribution in [2.24, 2.45) is 4.99 Å². The molecule has 1 aromatic carbocycles. The lowest BCUT2D eigenvalue weighted by atomic mass is 10.1. The Labute approximate surface area is 159 Å². The molecular formula is C20H24N2O3S. The van der Waals surface area contributed by atoms with Gasteiger partial charge in [0.15, 0.2) is 16.7 Å². The summed E-state index contributed by atoms with van der Waals surface area (Å²) in [7, 11) is 1.57. The number of ether oxygens (including phenoxy) is 2. The number of aliphatic imine (C=N–C) groups is 1. The Morgan fingerprint density at radius 1 is 1.31 bits per heavy atom. The topological polar surface area (TPSA) is 51.1 Å². The van der Waals surface area contributed by atoms with Crippen LogP contribution >= 0.6 is 11.8 Å². The van der Waals surface area contributed by atoms with Gasteiger partial charge in [0.05, 0.1) is 12.0 Å². The maximum atomic E-state index is 12.8. The molecule has 1 heterocycles. The Morgan fingerprint density at radius 3 is 2.62 bits per heavy atom. The monoisotopic (exact) mass is 372 g/mol. The van der Waals surface area contributed by atoms with Gasteiger partial charge >= 0.3 is 0 Å². The van der Waals surface area contributed by atoms with Crippen molar-refractivity contribution in [1.82, 2.24) is 4.90 Å². The molecule has 1 aromatic rings. The van der Waals surface area contributed by atoms with E-state index in [4.69, 9.17) is 15.9 Å². The second-order valence-corrected chi connectivity index (χ2v) is 7.30. The van der Waals surface area contributed by atoms with E-state index in [0.29, 0.717) is 16.4 Å². The maximum absolute atomic E-state index is 12.8. The van der Waals surface area contributed by atoms with Crippen molar-refractivity contribution in [3.05, 3.63) is 28.7 Å². The molecule has 1 aliphatic heterocycles. The fourth-order valence-corrected chi connectivity index (χ4v) is 3.65. The molecule has 1 saturated heterocycles. The molecule has 1 amide bonds. The van der Waals surface area contributed by atoms with Gasteiger partial charge in [0, 0.05) is 12.1 Å². The summed E-state index contributed by atoms with van der Waals surface area (Å²) in [6.45, 7) is 8.13. The highest BCUT2D eigenvalue weighted by Crippen LogP contribution is 2.35. The number of rotatable bonds is 6. The van der Waals surface area contributed by atoms with Gasteiger partial charge in [-0.3, -0.25) is 14.7 Å². The minimum Gasteiger partial charge on any atom is -0.493 e. The Bertz CT molecular complexity index is 776. The highest BCUT2D eigenvalue weighted by Gasteiger charge is 2.35. The Balaban J connectivity index is 2.34. The Morgan fingerprint density at radius 2 is 2.04 bits per heavy atom. The summed E-state index contributed by atoms with van der Waals surface area (Å²) < 4.78 is 10.8. The molecule has 2 rings (SSSR count). The van der Waals surface area contributed by atoms with Crippen LogP contribution in [0, 0.1) is 12.3 Å². The number of carbonyl (C=O) groups excluding carboxylic acids is 1. The van der Waals surface area contributed by atoms with Gasteiger partial charge in [-0.25, -0.2) is 0 Å². The van der Waals surface area contributed by atoms with Crippen LogP contribution in [0.3, 0.4) is 0 Å². The molecule has 0 spiro atoms. The fraction of sp³-hybridized carbons (Fsp3) is 0.400. The third-order valence-electron chi connectivity index (χ3n) is 3.52. The number of hydrogen-bond donors (Lipinski definition) is 0. The number of thioether (sulfide) groups is 1. The molecule has 0 unspecified atom stereocenters. The molecule has 0 saturated carbocycles. The van der Waals surface area contributed by atoms with Crippen LogP contribution in [0.5, 0.6) is 11.5 Å². The zero-order valence-electron chi connectivity index (χ0n) is 15.8. The molecule has 0 N–H and O–H groups in total. The van der Waals surface area contributed by atoms with Crippen molar-refractivity contribution >= 4 is 28.9 Å². The molecule has 1 fully saturated rings. The molecule has 26 heavy (non-hydrogen) atoms. The fourth-order valence-electron chi connectivity index (χ4n) is 2.42. The minimum absolute atomic E-state index is 0.0315. The summed E-state index contributed by atoms with van der Waals surface area (Å²) >= 11 is 1.40. The number of amidine groups is 1. The van der Waals surface area contributed by atoms with Crippen molar-refractivity contribution < 1.29 is 14.3 Å². The average Bonchev–Trinajstić information content (AvgIpc) is 2.88. The Hall–Kier alpha value is -2.39. The summed E-state index contributed by atoms with van der Waals surface area (Å²) in [5.41, 5.74) is 0.847. The van der Waals surface area contributed by atoms with Crippen molar-refractivity contribution in [2.75, 3.05) is 13.7 Å². The summed E-state index contributed by atoms with van der Waals surface area (Å²) in [5, 5.41) is 0.743. The first kappa shape index (κ1) is 19.9. The number of carbonyl (C=O) groups is 1. The lowest BCUT2D eigenvalue weighted by molar-refractivity contribution is -0.123. The third kappa shape index (κ3) is 4.61. The van der Waals surface area contributed by atoms with Gasteiger partial charge in [0.1, 0.15) is 6.61 Å². The number of nitrogens with zero attached hydrogens (tertiary/aromatic N) is 2. The molecule has 0 bridgehead atoms. The van der Waals surface area contributed by atoms with Crippen LogP contribution in [-0.2, 0) is 4.79 Å². The zero-order valence-corrected chi connectivity index (χ0v) is 16.6. The van der Waals surface area contributed by atoms with E-state index in [-0.39, 0.29) is 24.6 Å². The quantitative estimate of drug-likeness (QED) is 0.563. The number of benzene rings is 1. The predicted octanol–water partition coefficient (Wildman–Crippen LogP) is 3.80. The molecular weight excluding hydrogens is 348 g/mol. The largest absolute Gasteiger partial charge is 0.493 e. The van der Waals surface area contributed by atoms with Crippen molar-refractivity contribution in [1.29, 1.82) is 0 Å². The minimum atomic E-state index is -0.0315. The first-order valence-corrected chi connectivity index (χ1v) is 9.24. The second-order valence-electron chi connectivity index (χ2n) is 6.29. The third-order valence-corrected chi connectivity index (χ3v) is 4.52. The lowest BCUT2D eigenvalue weighted by Gasteiger charge is -2.20. The first-order chi connectivity index (χ1) is 12.4. The molecule has 0 aromatic heterocycles. The van der Waals surface area contributed by atoms with E-state index in [1.165, 1.54) is 11.8 Å². The van der Waals surface area contributed by atoms with Crippen molar-refractivity contribution in [3.63, 3.8) is 0 Å². The van der Waals surface area contributed by atoms with E-state index in [1.807, 2.05) is 45.9 Å². The number of hydrogen-bond acceptors (Lipinski definition) is 5. The number of terminal acetylenes is 1. The van der Waals surface area contributed by atoms with Gasteiger partial charge < -0.3 is 9.47 Å². The maximum Gasteiger partial charge on any atom is 0.266 e. The van der Waals surface area contributed by atoms with Crippen LogP contribution in [0.15, 0.2) is 28.1 Å². The summed E-state index contributed by atoms with van der Waals surface area (Å²) in [5.74, 6) is 3.54. The summed E-state index contributed by atoms with van der Waals surface area (Å²) in [6.07, 6.45) is 7.07. The van der Waals surface area contributed by atoms with Crippen molar-refractivity contribution in [2.45, 2.75) is 39.8 Å². The molecule has 6 heteroatoms. The summed E-state index contributed by atoms with van der Waals surface area (Å²) in [6, 6.07) is 5.65. The van der Waals surface area contributed by atoms with E-state index < -0.39 is 0 Å². The van der Waals surface area contributed by atoms with Gasteiger partial charge in [-0.2, -0.15) is 0 Å². The normalized spacial score (nSPS) is 17.5. The molecule has 1 aliphatic rings. The standard InChI is InChI=1S/C20H24N2O3S/c1-7-10-25-16-9-8-15(11-17(16)24-6)12-18-19(23)22(14(4)5)20(26-18)21-13(2)3/h1,8-9,11-14H,10H2,2-6H3/b18-12+,21-20?. The molecule has 0 atom stereocenters. The van der Waals surface area contributed by atoms with E-state index in [9.17, 15) is 4.79 Å². The molecule has 0 aliphatic carbocycles.